The fourth-order valence-electron chi connectivity index (χ4n) is 4.75. The van der Waals surface area contributed by atoms with Crippen LogP contribution in [0.1, 0.15) is 24.0 Å². The number of halogens is 2. The molecule has 2 saturated heterocycles. The van der Waals surface area contributed by atoms with Gasteiger partial charge >= 0.3 is 12.0 Å². The molecule has 2 heterocycles. The Labute approximate surface area is 248 Å². The number of urea groups is 1. The number of aliphatic carboxylic acids is 1. The van der Waals surface area contributed by atoms with Gasteiger partial charge in [0.1, 0.15) is 6.04 Å². The lowest BCUT2D eigenvalue weighted by molar-refractivity contribution is -0.142. The Morgan fingerprint density at radius 1 is 1.05 bits per heavy atom. The smallest absolute Gasteiger partial charge is 0.326 e. The maximum atomic E-state index is 13.1. The number of morpholine rings is 1. The van der Waals surface area contributed by atoms with Crippen molar-refractivity contribution in [2.75, 3.05) is 44.7 Å². The monoisotopic (exact) mass is 626 g/mol. The molecule has 0 radical (unpaired) electrons. The highest BCUT2D eigenvalue weighted by molar-refractivity contribution is 7.88. The van der Waals surface area contributed by atoms with Gasteiger partial charge < -0.3 is 25.4 Å². The molecule has 2 fully saturated rings. The second kappa shape index (κ2) is 13.8. The molecule has 0 aromatic heterocycles. The Morgan fingerprint density at radius 2 is 1.76 bits per heavy atom. The van der Waals surface area contributed by atoms with Crippen LogP contribution in [-0.2, 0) is 36.5 Å². The van der Waals surface area contributed by atoms with E-state index in [4.69, 9.17) is 27.9 Å². The number of carboxylic acid groups (broad SMARTS) is 1. The number of carboxylic acids is 1. The Morgan fingerprint density at radius 3 is 2.41 bits per heavy atom. The summed E-state index contributed by atoms with van der Waals surface area (Å²) in [6.45, 7) is 2.19. The number of nitrogens with one attached hydrogen (secondary N) is 2. The first-order valence-electron chi connectivity index (χ1n) is 13.2. The molecule has 41 heavy (non-hydrogen) atoms. The lowest BCUT2D eigenvalue weighted by Crippen LogP contribution is -2.50. The van der Waals surface area contributed by atoms with Crippen LogP contribution in [0.5, 0.6) is 0 Å². The molecule has 222 valence electrons. The van der Waals surface area contributed by atoms with Crippen molar-refractivity contribution in [2.24, 2.45) is 5.92 Å². The van der Waals surface area contributed by atoms with Gasteiger partial charge in [-0.3, -0.25) is 4.79 Å². The second-order valence-corrected chi connectivity index (χ2v) is 12.8. The third-order valence-corrected chi connectivity index (χ3v) is 9.44. The molecule has 2 aromatic carbocycles. The van der Waals surface area contributed by atoms with Gasteiger partial charge in [-0.1, -0.05) is 41.4 Å². The quantitative estimate of drug-likeness (QED) is 0.387. The fourth-order valence-corrected chi connectivity index (χ4v) is 6.95. The van der Waals surface area contributed by atoms with Gasteiger partial charge in [0.15, 0.2) is 0 Å². The fraction of sp³-hybridized carbons (Fsp3) is 0.444. The Balaban J connectivity index is 1.33. The van der Waals surface area contributed by atoms with Gasteiger partial charge in [-0.25, -0.2) is 22.3 Å². The van der Waals surface area contributed by atoms with E-state index in [1.54, 1.807) is 41.3 Å². The van der Waals surface area contributed by atoms with E-state index < -0.39 is 33.9 Å². The van der Waals surface area contributed by atoms with Gasteiger partial charge in [0.05, 0.1) is 24.9 Å². The molecule has 0 saturated carbocycles. The van der Waals surface area contributed by atoms with Crippen molar-refractivity contribution in [2.45, 2.75) is 31.1 Å². The van der Waals surface area contributed by atoms with Gasteiger partial charge in [0, 0.05) is 48.3 Å². The predicted octanol–water partition coefficient (Wildman–Crippen LogP) is 3.21. The van der Waals surface area contributed by atoms with E-state index in [-0.39, 0.29) is 36.3 Å². The highest BCUT2D eigenvalue weighted by Gasteiger charge is 2.34. The summed E-state index contributed by atoms with van der Waals surface area (Å²) < 4.78 is 32.7. The normalized spacial score (nSPS) is 18.9. The van der Waals surface area contributed by atoms with Crippen LogP contribution in [0.15, 0.2) is 42.5 Å². The van der Waals surface area contributed by atoms with Crippen LogP contribution in [-0.4, -0.2) is 86.1 Å². The van der Waals surface area contributed by atoms with Crippen LogP contribution < -0.4 is 10.6 Å². The number of carbonyl (C=O) groups is 3. The highest BCUT2D eigenvalue weighted by atomic mass is 35.5. The first-order chi connectivity index (χ1) is 19.5. The molecule has 3 amide bonds. The van der Waals surface area contributed by atoms with Crippen molar-refractivity contribution in [3.63, 3.8) is 0 Å². The zero-order valence-corrected chi connectivity index (χ0v) is 24.6. The van der Waals surface area contributed by atoms with Crippen molar-refractivity contribution in [3.8, 4) is 0 Å². The standard InChI is InChI=1S/C27H32Cl2N4O7S/c28-21-6-5-20(23(29)15-21)17-41(38,39)33-9-1-2-19(16-33)25(34)31-24(26(35)36)14-18-3-7-22(8-4-18)30-27(37)32-10-12-40-13-11-32/h3-8,15,19,24H,1-2,9-14,16-17H2,(H,30,37)(H,31,34)(H,35,36)/t19?,24-/m0/s1. The Bertz CT molecular complexity index is 1370. The number of hydrogen-bond acceptors (Lipinski definition) is 6. The van der Waals surface area contributed by atoms with Crippen LogP contribution in [0, 0.1) is 5.92 Å². The number of amides is 3. The van der Waals surface area contributed by atoms with Gasteiger partial charge in [-0.15, -0.1) is 0 Å². The summed E-state index contributed by atoms with van der Waals surface area (Å²) in [6.07, 6.45) is 0.910. The van der Waals surface area contributed by atoms with E-state index >= 15 is 0 Å². The molecular formula is C27H32Cl2N4O7S. The molecule has 2 aromatic rings. The molecular weight excluding hydrogens is 595 g/mol. The summed E-state index contributed by atoms with van der Waals surface area (Å²) in [5.41, 5.74) is 1.61. The maximum absolute atomic E-state index is 13.1. The minimum Gasteiger partial charge on any atom is -0.480 e. The lowest BCUT2D eigenvalue weighted by atomic mass is 9.97. The van der Waals surface area contributed by atoms with Crippen LogP contribution in [0.25, 0.3) is 0 Å². The van der Waals surface area contributed by atoms with Crippen molar-refractivity contribution in [3.05, 3.63) is 63.6 Å². The molecule has 2 atom stereocenters. The van der Waals surface area contributed by atoms with Crippen LogP contribution in [0.4, 0.5) is 10.5 Å². The molecule has 3 N–H and O–H groups in total. The van der Waals surface area contributed by atoms with E-state index in [0.29, 0.717) is 61.0 Å². The highest BCUT2D eigenvalue weighted by Crippen LogP contribution is 2.26. The van der Waals surface area contributed by atoms with E-state index in [1.807, 2.05) is 0 Å². The van der Waals surface area contributed by atoms with Crippen molar-refractivity contribution in [1.29, 1.82) is 0 Å². The van der Waals surface area contributed by atoms with Gasteiger partial charge in [-0.2, -0.15) is 0 Å². The number of benzene rings is 2. The molecule has 14 heteroatoms. The minimum absolute atomic E-state index is 0.0164. The summed E-state index contributed by atoms with van der Waals surface area (Å²) in [5, 5.41) is 15.8. The number of anilines is 1. The number of ether oxygens (including phenoxy) is 1. The van der Waals surface area contributed by atoms with Crippen molar-refractivity contribution < 1.29 is 32.6 Å². The number of piperidine rings is 1. The number of nitrogens with zero attached hydrogens (tertiary/aromatic N) is 2. The third-order valence-electron chi connectivity index (χ3n) is 7.06. The van der Waals surface area contributed by atoms with Gasteiger partial charge in [0.2, 0.25) is 15.9 Å². The minimum atomic E-state index is -3.78. The average Bonchev–Trinajstić information content (AvgIpc) is 2.95. The largest absolute Gasteiger partial charge is 0.480 e. The topological polar surface area (TPSA) is 145 Å². The summed E-state index contributed by atoms with van der Waals surface area (Å²) in [4.78, 5) is 39.1. The average molecular weight is 628 g/mol. The zero-order valence-electron chi connectivity index (χ0n) is 22.2. The molecule has 4 rings (SSSR count). The molecule has 11 nitrogen and oxygen atoms in total. The van der Waals surface area contributed by atoms with E-state index in [9.17, 15) is 27.9 Å². The van der Waals surface area contributed by atoms with Gasteiger partial charge in [0.25, 0.3) is 0 Å². The van der Waals surface area contributed by atoms with Crippen molar-refractivity contribution >= 4 is 56.8 Å². The van der Waals surface area contributed by atoms with Crippen LogP contribution in [0.2, 0.25) is 10.0 Å². The first kappa shape index (κ1) is 31.0. The van der Waals surface area contributed by atoms with E-state index in [1.165, 1.54) is 10.4 Å². The van der Waals surface area contributed by atoms with Crippen molar-refractivity contribution in [1.82, 2.24) is 14.5 Å². The second-order valence-electron chi connectivity index (χ2n) is 10.0. The predicted molar refractivity (Wildman–Crippen MR) is 155 cm³/mol. The van der Waals surface area contributed by atoms with E-state index in [0.717, 1.165) is 0 Å². The van der Waals surface area contributed by atoms with E-state index in [2.05, 4.69) is 10.6 Å². The summed E-state index contributed by atoms with van der Waals surface area (Å²) in [7, 11) is -3.78. The third kappa shape index (κ3) is 8.55. The zero-order chi connectivity index (χ0) is 29.6. The molecule has 2 aliphatic rings. The Hall–Kier alpha value is -2.90. The number of carbonyl (C=O) groups excluding carboxylic acids is 2. The van der Waals surface area contributed by atoms with Crippen LogP contribution >= 0.6 is 23.2 Å². The summed E-state index contributed by atoms with van der Waals surface area (Å²) in [6, 6.07) is 9.86. The molecule has 2 aliphatic heterocycles. The van der Waals surface area contributed by atoms with Crippen LogP contribution in [0.3, 0.4) is 0 Å². The first-order valence-corrected chi connectivity index (χ1v) is 15.6. The molecule has 0 aliphatic carbocycles. The molecule has 0 spiro atoms. The number of rotatable bonds is 9. The molecule has 0 bridgehead atoms. The molecule has 1 unspecified atom stereocenters. The lowest BCUT2D eigenvalue weighted by Gasteiger charge is -2.32. The SMILES string of the molecule is O=C(N[C@@H](Cc1ccc(NC(=O)N2CCOCC2)cc1)C(=O)O)C1CCCN(S(=O)(=O)Cc2ccc(Cl)cc2Cl)C1. The summed E-state index contributed by atoms with van der Waals surface area (Å²) in [5.74, 6) is -2.76. The number of hydrogen-bond donors (Lipinski definition) is 3. The number of sulfonamides is 1. The van der Waals surface area contributed by atoms with Gasteiger partial charge in [-0.05, 0) is 48.2 Å². The summed E-state index contributed by atoms with van der Waals surface area (Å²) >= 11 is 12.1. The Kier molecular flexibility index (Phi) is 10.5. The maximum Gasteiger partial charge on any atom is 0.326 e.